The number of aromatic nitrogens is 1. The molecule has 2 amide bonds. The smallest absolute Gasteiger partial charge is 0.304 e. The number of benzene rings is 2. The van der Waals surface area contributed by atoms with Crippen molar-refractivity contribution in [3.8, 4) is 17.0 Å². The van der Waals surface area contributed by atoms with Crippen LogP contribution >= 0.6 is 0 Å². The van der Waals surface area contributed by atoms with E-state index in [-0.39, 0.29) is 37.8 Å². The highest BCUT2D eigenvalue weighted by Crippen LogP contribution is 2.52. The zero-order valence-electron chi connectivity index (χ0n) is 27.0. The average Bonchev–Trinajstić information content (AvgIpc) is 3.84. The molecule has 11 nitrogen and oxygen atoms in total. The van der Waals surface area contributed by atoms with E-state index in [1.54, 1.807) is 13.2 Å². The molecular formula is C35H44N4O7S. The van der Waals surface area contributed by atoms with Crippen molar-refractivity contribution in [2.24, 2.45) is 5.41 Å². The average molecular weight is 665 g/mol. The summed E-state index contributed by atoms with van der Waals surface area (Å²) in [5.41, 5.74) is 3.90. The van der Waals surface area contributed by atoms with Gasteiger partial charge in [-0.25, -0.2) is 4.72 Å². The van der Waals surface area contributed by atoms with Gasteiger partial charge in [0.1, 0.15) is 5.75 Å². The van der Waals surface area contributed by atoms with E-state index in [9.17, 15) is 18.0 Å². The van der Waals surface area contributed by atoms with Gasteiger partial charge in [-0.1, -0.05) is 25.3 Å². The molecule has 12 heteroatoms. The number of hydrogen-bond donors (Lipinski definition) is 1. The van der Waals surface area contributed by atoms with Crippen LogP contribution in [0, 0.1) is 5.41 Å². The summed E-state index contributed by atoms with van der Waals surface area (Å²) in [7, 11) is -2.38. The Hall–Kier alpha value is -3.45. The molecule has 2 aromatic carbocycles. The van der Waals surface area contributed by atoms with E-state index < -0.39 is 21.5 Å². The number of carbonyl (C=O) groups excluding carboxylic acids is 2. The third-order valence-electron chi connectivity index (χ3n) is 10.3. The normalized spacial score (nSPS) is 20.7. The van der Waals surface area contributed by atoms with Crippen LogP contribution in [0.4, 0.5) is 0 Å². The minimum absolute atomic E-state index is 0.160. The summed E-state index contributed by atoms with van der Waals surface area (Å²) in [6.07, 6.45) is 7.24. The van der Waals surface area contributed by atoms with E-state index in [0.29, 0.717) is 38.8 Å². The Morgan fingerprint density at radius 1 is 0.915 bits per heavy atom. The van der Waals surface area contributed by atoms with Crippen LogP contribution in [0.1, 0.15) is 66.8 Å². The molecule has 4 fully saturated rings. The molecule has 0 spiro atoms. The Morgan fingerprint density at radius 3 is 2.21 bits per heavy atom. The Morgan fingerprint density at radius 2 is 1.57 bits per heavy atom. The zero-order valence-corrected chi connectivity index (χ0v) is 27.9. The van der Waals surface area contributed by atoms with Gasteiger partial charge in [0, 0.05) is 49.2 Å². The molecule has 1 N–H and O–H groups in total. The first-order valence-corrected chi connectivity index (χ1v) is 18.3. The number of methoxy groups -OCH3 is 1. The van der Waals surface area contributed by atoms with Crippen molar-refractivity contribution in [1.82, 2.24) is 18.5 Å². The molecule has 2 aliphatic carbocycles. The maximum atomic E-state index is 14.0. The number of carbonyl (C=O) groups is 2. The van der Waals surface area contributed by atoms with Gasteiger partial charge in [0.15, 0.2) is 0 Å². The Bertz CT molecular complexity index is 1730. The first kappa shape index (κ1) is 32.1. The molecule has 2 saturated carbocycles. The topological polar surface area (TPSA) is 119 Å². The molecule has 7 rings (SSSR count). The van der Waals surface area contributed by atoms with Gasteiger partial charge in [-0.05, 0) is 79.1 Å². The lowest BCUT2D eigenvalue weighted by Crippen LogP contribution is -2.48. The van der Waals surface area contributed by atoms with E-state index in [4.69, 9.17) is 14.2 Å². The Labute approximate surface area is 276 Å². The predicted octanol–water partition coefficient (Wildman–Crippen LogP) is 4.31. The van der Waals surface area contributed by atoms with Gasteiger partial charge < -0.3 is 23.7 Å². The van der Waals surface area contributed by atoms with Gasteiger partial charge in [0.05, 0.1) is 44.6 Å². The number of morpholine rings is 2. The molecule has 0 unspecified atom stereocenters. The monoisotopic (exact) mass is 664 g/mol. The number of hydrogen-bond acceptors (Lipinski definition) is 7. The third kappa shape index (κ3) is 6.40. The standard InChI is InChI=1S/C35H44N4O7S/c1-44-28-10-7-26(8-11-28)32-31(25-5-3-2-4-6-25)29-12-9-27(33(40)36-47(42,43)38-17-21-46-22-18-38)23-30(29)39(32)24-35(13-14-35)34(41)37-15-19-45-20-16-37/h7-12,23,25H,2-6,13-22,24H2,1H3,(H,36,40). The number of fused-ring (bicyclic) bond motifs is 1. The maximum absolute atomic E-state index is 14.0. The molecule has 0 bridgehead atoms. The van der Waals surface area contributed by atoms with Crippen molar-refractivity contribution in [2.45, 2.75) is 57.4 Å². The van der Waals surface area contributed by atoms with E-state index in [2.05, 4.69) is 21.4 Å². The fourth-order valence-electron chi connectivity index (χ4n) is 7.57. The second kappa shape index (κ2) is 13.2. The van der Waals surface area contributed by atoms with Crippen LogP contribution in [0.15, 0.2) is 42.5 Å². The number of nitrogens with zero attached hydrogens (tertiary/aromatic N) is 3. The number of nitrogens with one attached hydrogen (secondary N) is 1. The minimum atomic E-state index is -4.03. The van der Waals surface area contributed by atoms with Gasteiger partial charge in [-0.15, -0.1) is 0 Å². The summed E-state index contributed by atoms with van der Waals surface area (Å²) >= 11 is 0. The summed E-state index contributed by atoms with van der Waals surface area (Å²) in [6, 6.07) is 13.6. The van der Waals surface area contributed by atoms with Gasteiger partial charge >= 0.3 is 10.2 Å². The second-order valence-electron chi connectivity index (χ2n) is 13.3. The van der Waals surface area contributed by atoms with Crippen LogP contribution in [0.5, 0.6) is 5.75 Å². The van der Waals surface area contributed by atoms with Crippen LogP contribution in [0.25, 0.3) is 22.2 Å². The second-order valence-corrected chi connectivity index (χ2v) is 14.9. The molecule has 0 atom stereocenters. The zero-order chi connectivity index (χ0) is 32.6. The van der Waals surface area contributed by atoms with Crippen molar-refractivity contribution in [2.75, 3.05) is 59.7 Å². The van der Waals surface area contributed by atoms with Crippen molar-refractivity contribution in [1.29, 1.82) is 0 Å². The van der Waals surface area contributed by atoms with Crippen molar-refractivity contribution < 1.29 is 32.2 Å². The summed E-state index contributed by atoms with van der Waals surface area (Å²) in [5.74, 6) is 0.572. The predicted molar refractivity (Wildman–Crippen MR) is 178 cm³/mol. The molecule has 4 aliphatic rings. The van der Waals surface area contributed by atoms with E-state index in [0.717, 1.165) is 66.4 Å². The SMILES string of the molecule is COc1ccc(-c2c(C3CCCCC3)c3ccc(C(=O)NS(=O)(=O)N4CCOCC4)cc3n2CC2(C(=O)N3CCOCC3)CC2)cc1. The van der Waals surface area contributed by atoms with Crippen LogP contribution in [-0.2, 0) is 31.0 Å². The summed E-state index contributed by atoms with van der Waals surface area (Å²) in [6.45, 7) is 3.72. The van der Waals surface area contributed by atoms with E-state index in [1.165, 1.54) is 16.3 Å². The van der Waals surface area contributed by atoms with Gasteiger partial charge in [0.2, 0.25) is 5.91 Å². The van der Waals surface area contributed by atoms with Crippen LogP contribution in [-0.4, -0.2) is 93.7 Å². The van der Waals surface area contributed by atoms with Crippen molar-refractivity contribution in [3.05, 3.63) is 53.6 Å². The summed E-state index contributed by atoms with van der Waals surface area (Å²) in [4.78, 5) is 29.5. The minimum Gasteiger partial charge on any atom is -0.497 e. The quantitative estimate of drug-likeness (QED) is 0.362. The van der Waals surface area contributed by atoms with Crippen molar-refractivity contribution in [3.63, 3.8) is 0 Å². The number of rotatable bonds is 9. The molecular weight excluding hydrogens is 620 g/mol. The van der Waals surface area contributed by atoms with Gasteiger partial charge in [-0.2, -0.15) is 12.7 Å². The van der Waals surface area contributed by atoms with Crippen molar-refractivity contribution >= 4 is 32.9 Å². The summed E-state index contributed by atoms with van der Waals surface area (Å²) in [5, 5.41) is 1.05. The Kier molecular flexibility index (Phi) is 9.03. The first-order chi connectivity index (χ1) is 22.8. The largest absolute Gasteiger partial charge is 0.497 e. The lowest BCUT2D eigenvalue weighted by atomic mass is 9.81. The first-order valence-electron chi connectivity index (χ1n) is 16.9. The molecule has 252 valence electrons. The highest BCUT2D eigenvalue weighted by molar-refractivity contribution is 7.87. The third-order valence-corrected chi connectivity index (χ3v) is 11.8. The lowest BCUT2D eigenvalue weighted by molar-refractivity contribution is -0.141. The molecule has 47 heavy (non-hydrogen) atoms. The van der Waals surface area contributed by atoms with Crippen LogP contribution in [0.3, 0.4) is 0 Å². The lowest BCUT2D eigenvalue weighted by Gasteiger charge is -2.31. The summed E-state index contributed by atoms with van der Waals surface area (Å²) < 4.78 is 48.3. The van der Waals surface area contributed by atoms with E-state index in [1.807, 2.05) is 29.2 Å². The molecule has 3 aromatic rings. The van der Waals surface area contributed by atoms with Gasteiger partial charge in [-0.3, -0.25) is 9.59 Å². The molecule has 1 aromatic heterocycles. The highest BCUT2D eigenvalue weighted by atomic mass is 32.2. The maximum Gasteiger partial charge on any atom is 0.304 e. The highest BCUT2D eigenvalue weighted by Gasteiger charge is 2.52. The van der Waals surface area contributed by atoms with Crippen LogP contribution in [0.2, 0.25) is 0 Å². The molecule has 0 radical (unpaired) electrons. The number of ether oxygens (including phenoxy) is 3. The van der Waals surface area contributed by atoms with Crippen LogP contribution < -0.4 is 9.46 Å². The van der Waals surface area contributed by atoms with E-state index >= 15 is 0 Å². The number of amides is 2. The molecule has 3 heterocycles. The molecule has 2 aliphatic heterocycles. The molecule has 2 saturated heterocycles. The fourth-order valence-corrected chi connectivity index (χ4v) is 8.68. The van der Waals surface area contributed by atoms with Gasteiger partial charge in [0.25, 0.3) is 5.91 Å². The fraction of sp³-hybridized carbons (Fsp3) is 0.543. The Balaban J connectivity index is 1.35.